The van der Waals surface area contributed by atoms with E-state index < -0.39 is 11.8 Å². The summed E-state index contributed by atoms with van der Waals surface area (Å²) in [5, 5.41) is 9.31. The second-order valence-electron chi connectivity index (χ2n) is 3.87. The van der Waals surface area contributed by atoms with Crippen LogP contribution in [0.15, 0.2) is 18.2 Å². The number of ether oxygens (including phenoxy) is 1. The van der Waals surface area contributed by atoms with Gasteiger partial charge in [-0.15, -0.1) is 0 Å². The lowest BCUT2D eigenvalue weighted by Crippen LogP contribution is -1.97. The van der Waals surface area contributed by atoms with Crippen LogP contribution in [-0.2, 0) is 6.42 Å². The Morgan fingerprint density at radius 3 is 2.73 bits per heavy atom. The summed E-state index contributed by atoms with van der Waals surface area (Å²) < 4.78 is 30.2. The Kier molecular flexibility index (Phi) is 2.29. The average molecular weight is 214 g/mol. The lowest BCUT2D eigenvalue weighted by molar-refractivity contribution is 0.0989. The van der Waals surface area contributed by atoms with Crippen LogP contribution in [0.5, 0.6) is 11.5 Å². The highest BCUT2D eigenvalue weighted by atomic mass is 19.3. The Labute approximate surface area is 86.5 Å². The number of aromatic hydroxyl groups is 1. The molecule has 0 saturated heterocycles. The summed E-state index contributed by atoms with van der Waals surface area (Å²) in [5.74, 6) is -2.68. The molecular formula is C11H12F2O2. The van der Waals surface area contributed by atoms with Crippen LogP contribution >= 0.6 is 0 Å². The molecule has 0 unspecified atom stereocenters. The van der Waals surface area contributed by atoms with Gasteiger partial charge in [0.05, 0.1) is 7.11 Å². The number of halogens is 2. The first kappa shape index (κ1) is 10.2. The van der Waals surface area contributed by atoms with Crippen LogP contribution in [0.1, 0.15) is 12.0 Å². The molecule has 1 aliphatic carbocycles. The molecule has 1 aliphatic rings. The second kappa shape index (κ2) is 3.36. The predicted octanol–water partition coefficient (Wildman–Crippen LogP) is 2.60. The number of benzene rings is 1. The van der Waals surface area contributed by atoms with E-state index in [1.165, 1.54) is 13.2 Å². The molecule has 1 atom stereocenters. The number of hydrogen-bond acceptors (Lipinski definition) is 2. The van der Waals surface area contributed by atoms with Crippen molar-refractivity contribution < 1.29 is 18.6 Å². The van der Waals surface area contributed by atoms with Crippen LogP contribution in [0.25, 0.3) is 0 Å². The number of rotatable bonds is 3. The molecule has 2 rings (SSSR count). The van der Waals surface area contributed by atoms with E-state index in [4.69, 9.17) is 4.74 Å². The molecule has 1 N–H and O–H groups in total. The van der Waals surface area contributed by atoms with E-state index in [0.717, 1.165) is 5.56 Å². The number of phenolic OH excluding ortho intramolecular Hbond substituents is 1. The molecule has 2 nitrogen and oxygen atoms in total. The monoisotopic (exact) mass is 214 g/mol. The minimum Gasteiger partial charge on any atom is -0.504 e. The Balaban J connectivity index is 2.10. The molecule has 0 spiro atoms. The molecule has 0 amide bonds. The van der Waals surface area contributed by atoms with Crippen molar-refractivity contribution in [3.05, 3.63) is 23.8 Å². The Bertz CT molecular complexity index is 377. The van der Waals surface area contributed by atoms with Crippen molar-refractivity contribution >= 4 is 0 Å². The first-order valence-corrected chi connectivity index (χ1v) is 4.76. The van der Waals surface area contributed by atoms with Crippen molar-refractivity contribution in [3.63, 3.8) is 0 Å². The Morgan fingerprint density at radius 2 is 2.20 bits per heavy atom. The normalized spacial score (nSPS) is 22.5. The predicted molar refractivity (Wildman–Crippen MR) is 51.4 cm³/mol. The highest BCUT2D eigenvalue weighted by Crippen LogP contribution is 2.50. The molecule has 1 aromatic carbocycles. The average Bonchev–Trinajstić information content (AvgIpc) is 2.77. The van der Waals surface area contributed by atoms with Crippen LogP contribution < -0.4 is 4.74 Å². The van der Waals surface area contributed by atoms with Gasteiger partial charge in [-0.05, 0) is 24.1 Å². The topological polar surface area (TPSA) is 29.5 Å². The second-order valence-corrected chi connectivity index (χ2v) is 3.87. The highest BCUT2D eigenvalue weighted by Gasteiger charge is 2.56. The summed E-state index contributed by atoms with van der Waals surface area (Å²) >= 11 is 0. The van der Waals surface area contributed by atoms with Gasteiger partial charge in [-0.1, -0.05) is 6.07 Å². The summed E-state index contributed by atoms with van der Waals surface area (Å²) in [4.78, 5) is 0. The lowest BCUT2D eigenvalue weighted by atomic mass is 10.1. The maximum Gasteiger partial charge on any atom is 0.251 e. The molecule has 4 heteroatoms. The van der Waals surface area contributed by atoms with Crippen molar-refractivity contribution in [1.29, 1.82) is 0 Å². The molecule has 0 bridgehead atoms. The van der Waals surface area contributed by atoms with E-state index in [-0.39, 0.29) is 12.2 Å². The van der Waals surface area contributed by atoms with Crippen LogP contribution in [0.3, 0.4) is 0 Å². The minimum absolute atomic E-state index is 0.0313. The van der Waals surface area contributed by atoms with Crippen molar-refractivity contribution in [2.45, 2.75) is 18.8 Å². The molecule has 82 valence electrons. The van der Waals surface area contributed by atoms with Gasteiger partial charge < -0.3 is 9.84 Å². The van der Waals surface area contributed by atoms with Crippen molar-refractivity contribution in [1.82, 2.24) is 0 Å². The summed E-state index contributed by atoms with van der Waals surface area (Å²) in [6.07, 6.45) is 0.305. The molecule has 0 aromatic heterocycles. The SMILES string of the molecule is COc1cc(C[C@@H]2CC2(F)F)ccc1O. The fourth-order valence-electron chi connectivity index (χ4n) is 1.62. The largest absolute Gasteiger partial charge is 0.504 e. The standard InChI is InChI=1S/C11H12F2O2/c1-15-10-5-7(2-3-9(10)14)4-8-6-11(8,12)13/h2-3,5,8,14H,4,6H2,1H3/t8-/m1/s1. The molecule has 1 aromatic rings. The van der Waals surface area contributed by atoms with Gasteiger partial charge in [0.15, 0.2) is 11.5 Å². The molecule has 1 fully saturated rings. The molecule has 1 saturated carbocycles. The summed E-state index contributed by atoms with van der Waals surface area (Å²) in [5.41, 5.74) is 0.770. The first-order chi connectivity index (χ1) is 7.03. The number of hydrogen-bond donors (Lipinski definition) is 1. The quantitative estimate of drug-likeness (QED) is 0.838. The zero-order valence-corrected chi connectivity index (χ0v) is 8.34. The van der Waals surface area contributed by atoms with E-state index >= 15 is 0 Å². The zero-order chi connectivity index (χ0) is 11.1. The van der Waals surface area contributed by atoms with Crippen molar-refractivity contribution in [2.24, 2.45) is 5.92 Å². The summed E-state index contributed by atoms with van der Waals surface area (Å²) in [7, 11) is 1.44. The third-order valence-corrected chi connectivity index (χ3v) is 2.68. The number of phenols is 1. The summed E-state index contributed by atoms with van der Waals surface area (Å²) in [6, 6.07) is 4.71. The fraction of sp³-hybridized carbons (Fsp3) is 0.455. The first-order valence-electron chi connectivity index (χ1n) is 4.76. The Hall–Kier alpha value is -1.32. The lowest BCUT2D eigenvalue weighted by Gasteiger charge is -2.06. The van der Waals surface area contributed by atoms with Gasteiger partial charge in [0.1, 0.15) is 0 Å². The van der Waals surface area contributed by atoms with Crippen molar-refractivity contribution in [2.75, 3.05) is 7.11 Å². The van der Waals surface area contributed by atoms with E-state index in [2.05, 4.69) is 0 Å². The van der Waals surface area contributed by atoms with Gasteiger partial charge in [-0.3, -0.25) is 0 Å². The highest BCUT2D eigenvalue weighted by molar-refractivity contribution is 5.42. The maximum absolute atomic E-state index is 12.7. The zero-order valence-electron chi connectivity index (χ0n) is 8.34. The van der Waals surface area contributed by atoms with Gasteiger partial charge in [-0.25, -0.2) is 8.78 Å². The third kappa shape index (κ3) is 2.03. The van der Waals surface area contributed by atoms with E-state index in [9.17, 15) is 13.9 Å². The van der Waals surface area contributed by atoms with Crippen LogP contribution in [0.4, 0.5) is 8.78 Å². The fourth-order valence-corrected chi connectivity index (χ4v) is 1.62. The van der Waals surface area contributed by atoms with Crippen LogP contribution in [0.2, 0.25) is 0 Å². The van der Waals surface area contributed by atoms with Crippen molar-refractivity contribution in [3.8, 4) is 11.5 Å². The maximum atomic E-state index is 12.7. The number of methoxy groups -OCH3 is 1. The molecule has 0 aliphatic heterocycles. The minimum atomic E-state index is -2.49. The van der Waals surface area contributed by atoms with Crippen LogP contribution in [0, 0.1) is 5.92 Å². The Morgan fingerprint density at radius 1 is 1.53 bits per heavy atom. The molecular weight excluding hydrogens is 202 g/mol. The molecule has 0 heterocycles. The van der Waals surface area contributed by atoms with E-state index in [1.807, 2.05) is 0 Å². The van der Waals surface area contributed by atoms with Crippen LogP contribution in [-0.4, -0.2) is 18.1 Å². The van der Waals surface area contributed by atoms with Gasteiger partial charge in [0, 0.05) is 12.3 Å². The number of alkyl halides is 2. The van der Waals surface area contributed by atoms with Gasteiger partial charge in [0.25, 0.3) is 5.92 Å². The van der Waals surface area contributed by atoms with Gasteiger partial charge in [0.2, 0.25) is 0 Å². The molecule has 15 heavy (non-hydrogen) atoms. The smallest absolute Gasteiger partial charge is 0.251 e. The van der Waals surface area contributed by atoms with Gasteiger partial charge >= 0.3 is 0 Å². The summed E-state index contributed by atoms with van der Waals surface area (Å²) in [6.45, 7) is 0. The van der Waals surface area contributed by atoms with Gasteiger partial charge in [-0.2, -0.15) is 0 Å². The van der Waals surface area contributed by atoms with E-state index in [0.29, 0.717) is 12.2 Å². The third-order valence-electron chi connectivity index (χ3n) is 2.68. The van der Waals surface area contributed by atoms with E-state index in [1.54, 1.807) is 12.1 Å². The molecule has 0 radical (unpaired) electrons.